The van der Waals surface area contributed by atoms with Gasteiger partial charge in [0.15, 0.2) is 0 Å². The molecule has 0 saturated carbocycles. The molecule has 1 fully saturated rings. The highest BCUT2D eigenvalue weighted by atomic mass is 35.5. The summed E-state index contributed by atoms with van der Waals surface area (Å²) in [6.45, 7) is 1.71. The summed E-state index contributed by atoms with van der Waals surface area (Å²) in [5.74, 6) is 1.09. The fraction of sp³-hybridized carbons (Fsp3) is 0.700. The average Bonchev–Trinajstić information content (AvgIpc) is 2.38. The molecule has 1 N–H and O–H groups in total. The summed E-state index contributed by atoms with van der Waals surface area (Å²) in [6, 6.07) is 0. The number of piperidine rings is 1. The summed E-state index contributed by atoms with van der Waals surface area (Å²) in [7, 11) is 3.48. The first-order chi connectivity index (χ1) is 8.22. The third-order valence-corrected chi connectivity index (χ3v) is 2.98. The van der Waals surface area contributed by atoms with Crippen LogP contribution in [0.25, 0.3) is 0 Å². The lowest BCUT2D eigenvalue weighted by Gasteiger charge is -2.31. The lowest BCUT2D eigenvalue weighted by molar-refractivity contribution is 0.0889. The predicted octanol–water partition coefficient (Wildman–Crippen LogP) is 1.18. The van der Waals surface area contributed by atoms with Crippen LogP contribution in [0.15, 0.2) is 0 Å². The fourth-order valence-electron chi connectivity index (χ4n) is 1.91. The van der Waals surface area contributed by atoms with Gasteiger partial charge in [-0.15, -0.1) is 0 Å². The zero-order valence-corrected chi connectivity index (χ0v) is 10.7. The number of halogens is 1. The van der Waals surface area contributed by atoms with Gasteiger partial charge in [0.1, 0.15) is 0 Å². The number of hydrogen-bond donors (Lipinski definition) is 1. The Morgan fingerprint density at radius 3 is 2.94 bits per heavy atom. The van der Waals surface area contributed by atoms with Crippen molar-refractivity contribution in [2.45, 2.75) is 18.9 Å². The molecule has 1 aromatic rings. The molecule has 0 spiro atoms. The maximum absolute atomic E-state index is 5.86. The summed E-state index contributed by atoms with van der Waals surface area (Å²) in [5, 5.41) is 3.08. The minimum atomic E-state index is 0.207. The van der Waals surface area contributed by atoms with Crippen LogP contribution in [0.1, 0.15) is 12.8 Å². The zero-order valence-electron chi connectivity index (χ0n) is 9.98. The quantitative estimate of drug-likeness (QED) is 0.877. The Bertz CT molecular complexity index is 389. The van der Waals surface area contributed by atoms with E-state index in [0.717, 1.165) is 25.9 Å². The molecule has 1 aromatic heterocycles. The van der Waals surface area contributed by atoms with E-state index in [-0.39, 0.29) is 11.4 Å². The van der Waals surface area contributed by atoms with Crippen molar-refractivity contribution in [2.75, 3.05) is 37.5 Å². The summed E-state index contributed by atoms with van der Waals surface area (Å²) in [4.78, 5) is 14.5. The smallest absolute Gasteiger partial charge is 0.231 e. The molecule has 0 aliphatic carbocycles. The monoisotopic (exact) mass is 257 g/mol. The van der Waals surface area contributed by atoms with Gasteiger partial charge < -0.3 is 15.0 Å². The SMILES string of the molecule is CNc1nc(Cl)nc(N2CCCC(OC)C2)n1. The van der Waals surface area contributed by atoms with Crippen molar-refractivity contribution in [3.63, 3.8) is 0 Å². The topological polar surface area (TPSA) is 63.2 Å². The lowest BCUT2D eigenvalue weighted by atomic mass is 10.1. The van der Waals surface area contributed by atoms with Gasteiger partial charge in [-0.05, 0) is 24.4 Å². The van der Waals surface area contributed by atoms with Crippen LogP contribution in [-0.4, -0.2) is 48.3 Å². The Kier molecular flexibility index (Phi) is 3.96. The molecule has 0 amide bonds. The van der Waals surface area contributed by atoms with Gasteiger partial charge >= 0.3 is 0 Å². The van der Waals surface area contributed by atoms with Gasteiger partial charge in [0.05, 0.1) is 6.10 Å². The molecule has 1 unspecified atom stereocenters. The van der Waals surface area contributed by atoms with E-state index >= 15 is 0 Å². The van der Waals surface area contributed by atoms with Crippen LogP contribution in [0.4, 0.5) is 11.9 Å². The van der Waals surface area contributed by atoms with Crippen molar-refractivity contribution in [2.24, 2.45) is 0 Å². The number of methoxy groups -OCH3 is 1. The van der Waals surface area contributed by atoms with Gasteiger partial charge in [0, 0.05) is 27.2 Å². The molecular weight excluding hydrogens is 242 g/mol. The third kappa shape index (κ3) is 2.95. The Labute approximate surface area is 105 Å². The van der Waals surface area contributed by atoms with Crippen LogP contribution in [0.5, 0.6) is 0 Å². The minimum absolute atomic E-state index is 0.207. The van der Waals surface area contributed by atoms with Crippen LogP contribution in [-0.2, 0) is 4.74 Å². The number of hydrogen-bond acceptors (Lipinski definition) is 6. The van der Waals surface area contributed by atoms with E-state index in [1.807, 2.05) is 0 Å². The van der Waals surface area contributed by atoms with Crippen molar-refractivity contribution in [3.8, 4) is 0 Å². The van der Waals surface area contributed by atoms with Crippen LogP contribution in [0.3, 0.4) is 0 Å². The van der Waals surface area contributed by atoms with E-state index < -0.39 is 0 Å². The fourth-order valence-corrected chi connectivity index (χ4v) is 2.06. The average molecular weight is 258 g/mol. The van der Waals surface area contributed by atoms with Crippen molar-refractivity contribution >= 4 is 23.5 Å². The first kappa shape index (κ1) is 12.3. The maximum Gasteiger partial charge on any atom is 0.231 e. The molecule has 6 nitrogen and oxygen atoms in total. The minimum Gasteiger partial charge on any atom is -0.380 e. The first-order valence-corrected chi connectivity index (χ1v) is 5.98. The molecule has 1 saturated heterocycles. The van der Waals surface area contributed by atoms with Crippen molar-refractivity contribution in [1.29, 1.82) is 0 Å². The van der Waals surface area contributed by atoms with Gasteiger partial charge in [-0.1, -0.05) is 0 Å². The molecule has 0 aromatic carbocycles. The number of nitrogens with one attached hydrogen (secondary N) is 1. The van der Waals surface area contributed by atoms with Crippen LogP contribution < -0.4 is 10.2 Å². The molecule has 0 radical (unpaired) electrons. The number of anilines is 2. The number of aromatic nitrogens is 3. The maximum atomic E-state index is 5.86. The number of rotatable bonds is 3. The molecule has 94 valence electrons. The molecule has 0 bridgehead atoms. The Balaban J connectivity index is 2.18. The van der Waals surface area contributed by atoms with E-state index in [1.54, 1.807) is 14.2 Å². The van der Waals surface area contributed by atoms with E-state index in [2.05, 4.69) is 25.2 Å². The summed E-state index contributed by atoms with van der Waals surface area (Å²) in [6.07, 6.45) is 2.37. The van der Waals surface area contributed by atoms with Crippen LogP contribution >= 0.6 is 11.6 Å². The van der Waals surface area contributed by atoms with Gasteiger partial charge in [-0.3, -0.25) is 0 Å². The van der Waals surface area contributed by atoms with Crippen LogP contribution in [0, 0.1) is 0 Å². The van der Waals surface area contributed by atoms with Gasteiger partial charge in [0.2, 0.25) is 17.2 Å². The van der Waals surface area contributed by atoms with Crippen molar-refractivity contribution < 1.29 is 4.74 Å². The molecule has 1 atom stereocenters. The van der Waals surface area contributed by atoms with Gasteiger partial charge in [-0.25, -0.2) is 0 Å². The summed E-state index contributed by atoms with van der Waals surface area (Å²) >= 11 is 5.86. The Morgan fingerprint density at radius 2 is 2.24 bits per heavy atom. The first-order valence-electron chi connectivity index (χ1n) is 5.60. The Hall–Kier alpha value is -1.14. The number of nitrogens with zero attached hydrogens (tertiary/aromatic N) is 4. The van der Waals surface area contributed by atoms with Gasteiger partial charge in [-0.2, -0.15) is 15.0 Å². The predicted molar refractivity (Wildman–Crippen MR) is 66.6 cm³/mol. The number of ether oxygens (including phenoxy) is 1. The highest BCUT2D eigenvalue weighted by molar-refractivity contribution is 6.28. The van der Waals surface area contributed by atoms with Crippen LogP contribution in [0.2, 0.25) is 5.28 Å². The summed E-state index contributed by atoms with van der Waals surface area (Å²) in [5.41, 5.74) is 0. The molecule has 7 heteroatoms. The second-order valence-electron chi connectivity index (χ2n) is 3.92. The largest absolute Gasteiger partial charge is 0.380 e. The lowest BCUT2D eigenvalue weighted by Crippen LogP contribution is -2.40. The van der Waals surface area contributed by atoms with Crippen molar-refractivity contribution in [1.82, 2.24) is 15.0 Å². The van der Waals surface area contributed by atoms with Crippen molar-refractivity contribution in [3.05, 3.63) is 5.28 Å². The molecule has 2 rings (SSSR count). The summed E-state index contributed by atoms with van der Waals surface area (Å²) < 4.78 is 5.37. The molecule has 2 heterocycles. The second-order valence-corrected chi connectivity index (χ2v) is 4.26. The third-order valence-electron chi connectivity index (χ3n) is 2.81. The molecule has 1 aliphatic heterocycles. The second kappa shape index (κ2) is 5.46. The highest BCUT2D eigenvalue weighted by Gasteiger charge is 2.22. The molecular formula is C10H16ClN5O. The van der Waals surface area contributed by atoms with Gasteiger partial charge in [0.25, 0.3) is 0 Å². The standard InChI is InChI=1S/C10H16ClN5O/c1-12-9-13-8(11)14-10(15-9)16-5-3-4-7(6-16)17-2/h7H,3-6H2,1-2H3,(H,12,13,14,15). The van der Waals surface area contributed by atoms with E-state index in [1.165, 1.54) is 0 Å². The normalized spacial score (nSPS) is 20.4. The zero-order chi connectivity index (χ0) is 12.3. The van der Waals surface area contributed by atoms with E-state index in [9.17, 15) is 0 Å². The molecule has 17 heavy (non-hydrogen) atoms. The van der Waals surface area contributed by atoms with E-state index in [0.29, 0.717) is 11.9 Å². The van der Waals surface area contributed by atoms with E-state index in [4.69, 9.17) is 16.3 Å². The highest BCUT2D eigenvalue weighted by Crippen LogP contribution is 2.19. The Morgan fingerprint density at radius 1 is 1.41 bits per heavy atom. The molecule has 1 aliphatic rings.